The van der Waals surface area contributed by atoms with Gasteiger partial charge >= 0.3 is 0 Å². The molecule has 0 saturated heterocycles. The molecule has 0 heterocycles. The molecule has 0 spiro atoms. The van der Waals surface area contributed by atoms with E-state index >= 15 is 0 Å². The van der Waals surface area contributed by atoms with E-state index in [9.17, 15) is 8.42 Å². The Bertz CT molecular complexity index is 714. The lowest BCUT2D eigenvalue weighted by atomic mass is 10.2. The number of nitrogens with two attached hydrogens (primary N) is 1. The number of aryl methyl sites for hydroxylation is 1. The molecule has 0 unspecified atom stereocenters. The van der Waals surface area contributed by atoms with Gasteiger partial charge in [0.2, 0.25) is 0 Å². The molecule has 100 valence electrons. The third-order valence-electron chi connectivity index (χ3n) is 2.64. The standard InChI is InChI=1S/C13H13IN2O2S/c1-9-5-6-12(8-13(9)15)19(17,18)16-11-4-2-3-10(14)7-11/h2-8,16H,15H2,1H3. The second-order valence-corrected chi connectivity index (χ2v) is 7.06. The van der Waals surface area contributed by atoms with Gasteiger partial charge in [0.05, 0.1) is 4.90 Å². The van der Waals surface area contributed by atoms with Gasteiger partial charge in [-0.15, -0.1) is 0 Å². The Hall–Kier alpha value is -1.28. The molecule has 0 aliphatic heterocycles. The van der Waals surface area contributed by atoms with Crippen molar-refractivity contribution in [2.45, 2.75) is 11.8 Å². The van der Waals surface area contributed by atoms with Crippen LogP contribution in [0.5, 0.6) is 0 Å². The summed E-state index contributed by atoms with van der Waals surface area (Å²) in [4.78, 5) is 0.162. The molecule has 0 atom stereocenters. The van der Waals surface area contributed by atoms with E-state index in [1.807, 2.05) is 13.0 Å². The predicted molar refractivity (Wildman–Crippen MR) is 85.6 cm³/mol. The van der Waals surface area contributed by atoms with E-state index in [1.54, 1.807) is 30.3 Å². The Labute approximate surface area is 126 Å². The normalized spacial score (nSPS) is 11.3. The first kappa shape index (κ1) is 14.1. The summed E-state index contributed by atoms with van der Waals surface area (Å²) in [7, 11) is -3.60. The smallest absolute Gasteiger partial charge is 0.261 e. The fourth-order valence-corrected chi connectivity index (χ4v) is 3.18. The molecule has 6 heteroatoms. The minimum absolute atomic E-state index is 0.162. The van der Waals surface area contributed by atoms with Gasteiger partial charge in [0.15, 0.2) is 0 Å². The van der Waals surface area contributed by atoms with Crippen molar-refractivity contribution in [2.24, 2.45) is 0 Å². The van der Waals surface area contributed by atoms with Gasteiger partial charge < -0.3 is 5.73 Å². The van der Waals surface area contributed by atoms with E-state index in [-0.39, 0.29) is 4.90 Å². The Morgan fingerprint density at radius 2 is 1.89 bits per heavy atom. The Morgan fingerprint density at radius 1 is 1.16 bits per heavy atom. The lowest BCUT2D eigenvalue weighted by Gasteiger charge is -2.09. The van der Waals surface area contributed by atoms with Crippen LogP contribution in [0.4, 0.5) is 11.4 Å². The maximum Gasteiger partial charge on any atom is 0.261 e. The van der Waals surface area contributed by atoms with E-state index in [0.29, 0.717) is 11.4 Å². The van der Waals surface area contributed by atoms with Crippen molar-refractivity contribution in [3.8, 4) is 0 Å². The lowest BCUT2D eigenvalue weighted by Crippen LogP contribution is -2.13. The van der Waals surface area contributed by atoms with Gasteiger partial charge in [0.1, 0.15) is 0 Å². The van der Waals surface area contributed by atoms with Crippen LogP contribution in [0.15, 0.2) is 47.4 Å². The quantitative estimate of drug-likeness (QED) is 0.627. The molecule has 2 aromatic rings. The van der Waals surface area contributed by atoms with Crippen LogP contribution in [0.3, 0.4) is 0 Å². The third kappa shape index (κ3) is 3.38. The number of hydrogen-bond donors (Lipinski definition) is 2. The molecule has 0 bridgehead atoms. The number of halogens is 1. The van der Waals surface area contributed by atoms with Crippen molar-refractivity contribution in [3.63, 3.8) is 0 Å². The Balaban J connectivity index is 2.35. The summed E-state index contributed by atoms with van der Waals surface area (Å²) < 4.78 is 27.9. The number of benzene rings is 2. The van der Waals surface area contributed by atoms with Crippen molar-refractivity contribution >= 4 is 44.0 Å². The van der Waals surface area contributed by atoms with Crippen molar-refractivity contribution in [1.82, 2.24) is 0 Å². The Kier molecular flexibility index (Phi) is 4.00. The predicted octanol–water partition coefficient (Wildman–Crippen LogP) is 2.98. The summed E-state index contributed by atoms with van der Waals surface area (Å²) in [6, 6.07) is 11.9. The molecule has 2 rings (SSSR count). The van der Waals surface area contributed by atoms with Crippen LogP contribution < -0.4 is 10.5 Å². The van der Waals surface area contributed by atoms with Gasteiger partial charge in [-0.05, 0) is 65.4 Å². The molecule has 3 N–H and O–H groups in total. The molecule has 0 radical (unpaired) electrons. The van der Waals surface area contributed by atoms with Gasteiger partial charge in [-0.3, -0.25) is 4.72 Å². The van der Waals surface area contributed by atoms with E-state index < -0.39 is 10.0 Å². The first-order chi connectivity index (χ1) is 8.88. The number of nitrogen functional groups attached to an aromatic ring is 1. The maximum atomic E-state index is 12.2. The minimum atomic E-state index is -3.60. The van der Waals surface area contributed by atoms with Crippen molar-refractivity contribution in [3.05, 3.63) is 51.6 Å². The number of hydrogen-bond acceptors (Lipinski definition) is 3. The fourth-order valence-electron chi connectivity index (χ4n) is 1.55. The summed E-state index contributed by atoms with van der Waals surface area (Å²) in [5, 5.41) is 0. The molecule has 0 aromatic heterocycles. The van der Waals surface area contributed by atoms with E-state index in [2.05, 4.69) is 27.3 Å². The van der Waals surface area contributed by atoms with E-state index in [4.69, 9.17) is 5.73 Å². The molecular formula is C13H13IN2O2S. The summed E-state index contributed by atoms with van der Waals surface area (Å²) in [5.74, 6) is 0. The number of rotatable bonds is 3. The third-order valence-corrected chi connectivity index (χ3v) is 4.69. The second-order valence-electron chi connectivity index (χ2n) is 4.13. The molecule has 0 aliphatic carbocycles. The summed E-state index contributed by atoms with van der Waals surface area (Å²) >= 11 is 2.13. The van der Waals surface area contributed by atoms with Gasteiger partial charge in [0, 0.05) is 14.9 Å². The Morgan fingerprint density at radius 3 is 2.53 bits per heavy atom. The molecule has 0 saturated carbocycles. The first-order valence-electron chi connectivity index (χ1n) is 5.53. The van der Waals surface area contributed by atoms with Crippen LogP contribution in [0.25, 0.3) is 0 Å². The molecular weight excluding hydrogens is 375 g/mol. The average molecular weight is 388 g/mol. The largest absolute Gasteiger partial charge is 0.398 e. The van der Waals surface area contributed by atoms with Crippen LogP contribution in [0, 0.1) is 10.5 Å². The number of nitrogens with one attached hydrogen (secondary N) is 1. The highest BCUT2D eigenvalue weighted by molar-refractivity contribution is 14.1. The van der Waals surface area contributed by atoms with Gasteiger partial charge in [-0.2, -0.15) is 0 Å². The SMILES string of the molecule is Cc1ccc(S(=O)(=O)Nc2cccc(I)c2)cc1N. The molecule has 0 fully saturated rings. The minimum Gasteiger partial charge on any atom is -0.398 e. The maximum absolute atomic E-state index is 12.2. The van der Waals surface area contributed by atoms with Gasteiger partial charge in [-0.25, -0.2) is 8.42 Å². The molecule has 0 amide bonds. The summed E-state index contributed by atoms with van der Waals surface area (Å²) in [6.07, 6.45) is 0. The fraction of sp³-hybridized carbons (Fsp3) is 0.0769. The topological polar surface area (TPSA) is 72.2 Å². The highest BCUT2D eigenvalue weighted by Crippen LogP contribution is 2.21. The van der Waals surface area contributed by atoms with Crippen LogP contribution in [0.1, 0.15) is 5.56 Å². The summed E-state index contributed by atoms with van der Waals surface area (Å²) in [6.45, 7) is 1.83. The molecule has 2 aromatic carbocycles. The highest BCUT2D eigenvalue weighted by Gasteiger charge is 2.15. The molecule has 0 aliphatic rings. The zero-order chi connectivity index (χ0) is 14.0. The van der Waals surface area contributed by atoms with Gasteiger partial charge in [-0.1, -0.05) is 12.1 Å². The van der Waals surface area contributed by atoms with Crippen LogP contribution in [-0.2, 0) is 10.0 Å². The van der Waals surface area contributed by atoms with Gasteiger partial charge in [0.25, 0.3) is 10.0 Å². The second kappa shape index (κ2) is 5.38. The van der Waals surface area contributed by atoms with Crippen LogP contribution in [-0.4, -0.2) is 8.42 Å². The van der Waals surface area contributed by atoms with E-state index in [0.717, 1.165) is 9.13 Å². The van der Waals surface area contributed by atoms with Crippen LogP contribution in [0.2, 0.25) is 0 Å². The average Bonchev–Trinajstić information content (AvgIpc) is 2.32. The van der Waals surface area contributed by atoms with Crippen molar-refractivity contribution < 1.29 is 8.42 Å². The summed E-state index contributed by atoms with van der Waals surface area (Å²) in [5.41, 5.74) is 7.59. The zero-order valence-electron chi connectivity index (χ0n) is 10.2. The first-order valence-corrected chi connectivity index (χ1v) is 8.09. The highest BCUT2D eigenvalue weighted by atomic mass is 127. The van der Waals surface area contributed by atoms with Crippen molar-refractivity contribution in [1.29, 1.82) is 0 Å². The molecule has 19 heavy (non-hydrogen) atoms. The zero-order valence-corrected chi connectivity index (χ0v) is 13.2. The number of sulfonamides is 1. The van der Waals surface area contributed by atoms with E-state index in [1.165, 1.54) is 6.07 Å². The lowest BCUT2D eigenvalue weighted by molar-refractivity contribution is 0.601. The number of anilines is 2. The van der Waals surface area contributed by atoms with Crippen molar-refractivity contribution in [2.75, 3.05) is 10.5 Å². The molecule has 4 nitrogen and oxygen atoms in total. The monoisotopic (exact) mass is 388 g/mol. The van der Waals surface area contributed by atoms with Crippen LogP contribution >= 0.6 is 22.6 Å².